The number of oxazole rings is 2. The third-order valence-electron chi connectivity index (χ3n) is 6.32. The van der Waals surface area contributed by atoms with Crippen molar-refractivity contribution in [3.8, 4) is 0 Å². The zero-order valence-corrected chi connectivity index (χ0v) is 24.3. The van der Waals surface area contributed by atoms with Gasteiger partial charge >= 0.3 is 35.9 Å². The van der Waals surface area contributed by atoms with Crippen molar-refractivity contribution in [1.82, 2.24) is 25.6 Å². The van der Waals surface area contributed by atoms with E-state index in [0.717, 1.165) is 24.4 Å². The van der Waals surface area contributed by atoms with Gasteiger partial charge in [-0.05, 0) is 48.0 Å². The number of para-hydroxylation sites is 2. The Hall–Kier alpha value is -6.47. The fourth-order valence-corrected chi connectivity index (χ4v) is 4.15. The lowest BCUT2D eigenvalue weighted by atomic mass is 10.2. The molecule has 49 heavy (non-hydrogen) atoms. The number of nitrogens with one attached hydrogen (secondary N) is 6. The molecule has 0 fully saturated rings. The second-order valence-electron chi connectivity index (χ2n) is 9.82. The molecule has 0 aliphatic rings. The van der Waals surface area contributed by atoms with Crippen molar-refractivity contribution in [3.63, 3.8) is 0 Å². The summed E-state index contributed by atoms with van der Waals surface area (Å²) >= 11 is 0. The molecule has 0 aliphatic carbocycles. The van der Waals surface area contributed by atoms with Crippen LogP contribution in [0.4, 0.5) is 47.3 Å². The highest BCUT2D eigenvalue weighted by atomic mass is 19.4. The van der Waals surface area contributed by atoms with Crippen LogP contribution in [-0.2, 0) is 25.4 Å². The van der Waals surface area contributed by atoms with Crippen LogP contribution in [0.3, 0.4) is 0 Å². The summed E-state index contributed by atoms with van der Waals surface area (Å²) in [6.45, 7) is -0.265. The van der Waals surface area contributed by atoms with Crippen LogP contribution in [0, 0.1) is 0 Å². The first kappa shape index (κ1) is 33.9. The number of hydrogen-bond acceptors (Lipinski definition) is 8. The Morgan fingerprint density at radius 1 is 0.673 bits per heavy atom. The number of carbonyl (C=O) groups excluding carboxylic acids is 2. The van der Waals surface area contributed by atoms with Crippen LogP contribution >= 0.6 is 0 Å². The first-order valence-electron chi connectivity index (χ1n) is 13.7. The number of rotatable bonds is 6. The number of carbonyl (C=O) groups is 2. The molecule has 0 radical (unpaired) electrons. The average molecular weight is 694 g/mol. The summed E-state index contributed by atoms with van der Waals surface area (Å²) < 4.78 is 88.9. The van der Waals surface area contributed by atoms with Crippen molar-refractivity contribution in [1.29, 1.82) is 0 Å². The molecular weight excluding hydrogens is 672 g/mol. The molecule has 0 atom stereocenters. The fourth-order valence-electron chi connectivity index (χ4n) is 4.15. The SMILES string of the molecule is O=C(NCc1ccc(C(F)(F)F)nc1)Nc1cccc2[nH]c(=O)oc12.O=C(NCc1ccc(C(F)(F)F)o1)Nc1cccc2[nH]c(=O)oc12. The van der Waals surface area contributed by atoms with E-state index in [2.05, 4.69) is 40.6 Å². The van der Waals surface area contributed by atoms with Gasteiger partial charge in [-0.3, -0.25) is 15.0 Å². The number of hydrogen-bond donors (Lipinski definition) is 6. The van der Waals surface area contributed by atoms with E-state index in [0.29, 0.717) is 16.6 Å². The van der Waals surface area contributed by atoms with Crippen molar-refractivity contribution < 1.29 is 49.2 Å². The third-order valence-corrected chi connectivity index (χ3v) is 6.32. The molecule has 6 N–H and O–H groups in total. The van der Waals surface area contributed by atoms with Gasteiger partial charge in [0.1, 0.15) is 11.5 Å². The molecule has 20 heteroatoms. The van der Waals surface area contributed by atoms with Crippen molar-refractivity contribution in [2.45, 2.75) is 25.4 Å². The number of H-pyrrole nitrogens is 2. The van der Waals surface area contributed by atoms with Crippen LogP contribution < -0.4 is 32.8 Å². The standard InChI is InChI=1S/C15H11F3N4O3.C14H10F3N3O4/c16-15(17,18)11-5-4-8(6-19-11)7-20-13(23)21-9-2-1-3-10-12(9)25-14(24)22-10;15-14(16,17)10-5-4-7(23-10)6-18-12(21)19-8-2-1-3-9-11(8)24-13(22)20-9/h1-6H,7H2,(H,22,24)(H2,20,21,23);1-5H,6H2,(H,20,22)(H2,18,19,21). The molecule has 4 aromatic heterocycles. The van der Waals surface area contributed by atoms with Crippen LogP contribution in [0.15, 0.2) is 89.7 Å². The maximum absolute atomic E-state index is 12.4. The maximum atomic E-state index is 12.4. The smallest absolute Gasteiger partial charge is 0.449 e. The van der Waals surface area contributed by atoms with Gasteiger partial charge in [0.25, 0.3) is 0 Å². The topological polar surface area (TPSA) is 200 Å². The second kappa shape index (κ2) is 13.7. The Morgan fingerprint density at radius 2 is 1.22 bits per heavy atom. The molecule has 0 saturated heterocycles. The minimum atomic E-state index is -4.58. The average Bonchev–Trinajstić information content (AvgIpc) is 3.77. The lowest BCUT2D eigenvalue weighted by molar-refractivity contribution is -0.153. The molecule has 0 saturated carbocycles. The van der Waals surface area contributed by atoms with Gasteiger partial charge in [-0.25, -0.2) is 19.2 Å². The maximum Gasteiger partial charge on any atom is 0.449 e. The lowest BCUT2D eigenvalue weighted by Gasteiger charge is -2.09. The predicted molar refractivity (Wildman–Crippen MR) is 158 cm³/mol. The highest BCUT2D eigenvalue weighted by Gasteiger charge is 2.35. The fraction of sp³-hybridized carbons (Fsp3) is 0.138. The number of alkyl halides is 6. The van der Waals surface area contributed by atoms with Gasteiger partial charge in [-0.2, -0.15) is 26.3 Å². The summed E-state index contributed by atoms with van der Waals surface area (Å²) in [6, 6.07) is 12.1. The van der Waals surface area contributed by atoms with Gasteiger partial charge in [0.05, 0.1) is 29.0 Å². The Bertz CT molecular complexity index is 2210. The summed E-state index contributed by atoms with van der Waals surface area (Å²) in [5.74, 6) is -2.52. The number of nitrogens with zero attached hydrogens (tertiary/aromatic N) is 1. The van der Waals surface area contributed by atoms with Crippen LogP contribution in [0.25, 0.3) is 22.2 Å². The van der Waals surface area contributed by atoms with Gasteiger partial charge in [0.2, 0.25) is 5.76 Å². The van der Waals surface area contributed by atoms with E-state index in [1.807, 2.05) is 0 Å². The number of urea groups is 2. The first-order chi connectivity index (χ1) is 23.2. The van der Waals surface area contributed by atoms with Gasteiger partial charge in [0, 0.05) is 12.7 Å². The zero-order chi connectivity index (χ0) is 35.3. The number of aromatic nitrogens is 3. The zero-order valence-electron chi connectivity index (χ0n) is 24.3. The molecule has 4 heterocycles. The number of halogens is 6. The molecule has 2 aromatic carbocycles. The summed E-state index contributed by atoms with van der Waals surface area (Å²) in [6.07, 6.45) is -8.06. The predicted octanol–water partition coefficient (Wildman–Crippen LogP) is 5.91. The van der Waals surface area contributed by atoms with E-state index in [9.17, 15) is 45.5 Å². The van der Waals surface area contributed by atoms with Gasteiger partial charge in [-0.15, -0.1) is 0 Å². The van der Waals surface area contributed by atoms with E-state index < -0.39 is 47.4 Å². The highest BCUT2D eigenvalue weighted by molar-refractivity contribution is 5.98. The van der Waals surface area contributed by atoms with Gasteiger partial charge in [-0.1, -0.05) is 18.2 Å². The van der Waals surface area contributed by atoms with Crippen LogP contribution in [-0.4, -0.2) is 27.0 Å². The molecule has 0 spiro atoms. The molecule has 0 unspecified atom stereocenters. The van der Waals surface area contributed by atoms with Gasteiger partial charge in [0.15, 0.2) is 11.2 Å². The number of anilines is 2. The quantitative estimate of drug-likeness (QED) is 0.116. The summed E-state index contributed by atoms with van der Waals surface area (Å²) in [5.41, 5.74) is 1.09. The Kier molecular flexibility index (Phi) is 9.48. The molecule has 256 valence electrons. The molecule has 14 nitrogen and oxygen atoms in total. The number of aromatic amines is 2. The summed E-state index contributed by atoms with van der Waals surface area (Å²) in [7, 11) is 0. The number of amides is 4. The molecule has 4 amide bonds. The van der Waals surface area contributed by atoms with Crippen LogP contribution in [0.1, 0.15) is 22.8 Å². The first-order valence-corrected chi connectivity index (χ1v) is 13.7. The molecule has 0 aliphatic heterocycles. The minimum Gasteiger partial charge on any atom is -0.455 e. The van der Waals surface area contributed by atoms with E-state index in [4.69, 9.17) is 8.83 Å². The van der Waals surface area contributed by atoms with Crippen molar-refractivity contribution in [2.24, 2.45) is 0 Å². The van der Waals surface area contributed by atoms with Crippen LogP contribution in [0.2, 0.25) is 0 Å². The minimum absolute atomic E-state index is 0.0238. The van der Waals surface area contributed by atoms with Crippen molar-refractivity contribution in [2.75, 3.05) is 10.6 Å². The van der Waals surface area contributed by atoms with E-state index >= 15 is 0 Å². The van der Waals surface area contributed by atoms with Crippen molar-refractivity contribution >= 4 is 45.6 Å². The molecular formula is C29H21F6N7O7. The third kappa shape index (κ3) is 8.67. The number of pyridine rings is 1. The van der Waals surface area contributed by atoms with Crippen LogP contribution in [0.5, 0.6) is 0 Å². The van der Waals surface area contributed by atoms with Crippen molar-refractivity contribution in [3.05, 3.63) is 111 Å². The Morgan fingerprint density at radius 3 is 1.69 bits per heavy atom. The van der Waals surface area contributed by atoms with E-state index in [1.54, 1.807) is 30.3 Å². The lowest BCUT2D eigenvalue weighted by Crippen LogP contribution is -2.28. The normalized spacial score (nSPS) is 11.6. The monoisotopic (exact) mass is 693 g/mol. The Balaban J connectivity index is 0.000000191. The van der Waals surface area contributed by atoms with Gasteiger partial charge < -0.3 is 34.5 Å². The Labute approximate surface area is 267 Å². The number of benzene rings is 2. The highest BCUT2D eigenvalue weighted by Crippen LogP contribution is 2.31. The molecule has 0 bridgehead atoms. The second-order valence-corrected chi connectivity index (χ2v) is 9.82. The van der Waals surface area contributed by atoms with E-state index in [1.165, 1.54) is 12.1 Å². The largest absolute Gasteiger partial charge is 0.455 e. The summed E-state index contributed by atoms with van der Waals surface area (Å²) in [5, 5.41) is 9.76. The van der Waals surface area contributed by atoms with E-state index in [-0.39, 0.29) is 41.4 Å². The molecule has 6 rings (SSSR count). The number of furan rings is 1. The number of fused-ring (bicyclic) bond motifs is 2. The molecule has 6 aromatic rings. The summed E-state index contributed by atoms with van der Waals surface area (Å²) in [4.78, 5) is 54.3.